The lowest BCUT2D eigenvalue weighted by molar-refractivity contribution is 0.0363. The van der Waals surface area contributed by atoms with Crippen molar-refractivity contribution in [3.63, 3.8) is 0 Å². The van der Waals surface area contributed by atoms with E-state index in [1.807, 2.05) is 43.3 Å². The van der Waals surface area contributed by atoms with Crippen molar-refractivity contribution < 1.29 is 9.47 Å². The first-order chi connectivity index (χ1) is 14.7. The topological polar surface area (TPSA) is 39.0 Å². The van der Waals surface area contributed by atoms with Crippen LogP contribution in [0.25, 0.3) is 11.3 Å². The molecule has 0 spiro atoms. The van der Waals surface area contributed by atoms with Crippen LogP contribution in [0.5, 0.6) is 5.75 Å². The first kappa shape index (κ1) is 21.1. The summed E-state index contributed by atoms with van der Waals surface area (Å²) < 4.78 is 13.3. The number of nitrogens with zero attached hydrogens (tertiary/aromatic N) is 3. The molecule has 1 aliphatic rings. The van der Waals surface area contributed by atoms with Gasteiger partial charge in [-0.1, -0.05) is 23.7 Å². The zero-order chi connectivity index (χ0) is 20.8. The Morgan fingerprint density at radius 1 is 1.03 bits per heavy atom. The third-order valence-electron chi connectivity index (χ3n) is 5.05. The molecule has 158 valence electrons. The van der Waals surface area contributed by atoms with E-state index in [4.69, 9.17) is 26.1 Å². The Bertz CT molecular complexity index is 1010. The van der Waals surface area contributed by atoms with Crippen LogP contribution in [-0.2, 0) is 11.3 Å². The Morgan fingerprint density at radius 3 is 2.47 bits per heavy atom. The molecule has 1 aliphatic heterocycles. The standard InChI is InChI=1S/C23H26ClN3O2S/c1-2-29-21-9-7-20(8-10-21)25-23-27(12-11-26-13-15-28-16-14-26)22(17-30-23)18-3-5-19(24)6-4-18/h3-10,17H,2,11-16H2,1H3. The summed E-state index contributed by atoms with van der Waals surface area (Å²) in [6.45, 7) is 8.06. The highest BCUT2D eigenvalue weighted by Crippen LogP contribution is 2.23. The van der Waals surface area contributed by atoms with E-state index in [2.05, 4.69) is 27.0 Å². The van der Waals surface area contributed by atoms with Gasteiger partial charge < -0.3 is 14.0 Å². The molecule has 1 saturated heterocycles. The van der Waals surface area contributed by atoms with Crippen molar-refractivity contribution in [2.75, 3.05) is 39.5 Å². The van der Waals surface area contributed by atoms with E-state index >= 15 is 0 Å². The summed E-state index contributed by atoms with van der Waals surface area (Å²) in [6.07, 6.45) is 0. The molecule has 0 unspecified atom stereocenters. The summed E-state index contributed by atoms with van der Waals surface area (Å²) in [5, 5.41) is 2.92. The molecule has 2 aromatic carbocycles. The van der Waals surface area contributed by atoms with Gasteiger partial charge in [0.05, 0.1) is 31.2 Å². The van der Waals surface area contributed by atoms with Crippen molar-refractivity contribution in [3.8, 4) is 17.0 Å². The van der Waals surface area contributed by atoms with E-state index in [-0.39, 0.29) is 0 Å². The lowest BCUT2D eigenvalue weighted by atomic mass is 10.2. The molecule has 0 atom stereocenters. The van der Waals surface area contributed by atoms with Crippen molar-refractivity contribution in [3.05, 3.63) is 63.7 Å². The number of thiazole rings is 1. The van der Waals surface area contributed by atoms with Gasteiger partial charge in [-0.15, -0.1) is 11.3 Å². The summed E-state index contributed by atoms with van der Waals surface area (Å²) in [4.78, 5) is 8.36. The van der Waals surface area contributed by atoms with E-state index in [0.29, 0.717) is 6.61 Å². The van der Waals surface area contributed by atoms with E-state index < -0.39 is 0 Å². The minimum atomic E-state index is 0.660. The molecule has 1 aromatic heterocycles. The number of hydrogen-bond acceptors (Lipinski definition) is 5. The number of morpholine rings is 1. The SMILES string of the molecule is CCOc1ccc(N=c2scc(-c3ccc(Cl)cc3)n2CCN2CCOCC2)cc1. The Balaban J connectivity index is 1.65. The third-order valence-corrected chi connectivity index (χ3v) is 6.17. The molecule has 0 amide bonds. The number of halogens is 1. The Labute approximate surface area is 186 Å². The fraction of sp³-hybridized carbons (Fsp3) is 0.348. The van der Waals surface area contributed by atoms with Gasteiger partial charge in [-0.3, -0.25) is 4.90 Å². The fourth-order valence-corrected chi connectivity index (χ4v) is 4.53. The quantitative estimate of drug-likeness (QED) is 0.524. The summed E-state index contributed by atoms with van der Waals surface area (Å²) >= 11 is 7.76. The lowest BCUT2D eigenvalue weighted by Crippen LogP contribution is -2.39. The molecule has 2 heterocycles. The average molecular weight is 444 g/mol. The zero-order valence-corrected chi connectivity index (χ0v) is 18.7. The van der Waals surface area contributed by atoms with Gasteiger partial charge in [0.15, 0.2) is 4.80 Å². The molecule has 4 rings (SSSR count). The highest BCUT2D eigenvalue weighted by molar-refractivity contribution is 7.07. The zero-order valence-electron chi connectivity index (χ0n) is 17.1. The number of benzene rings is 2. The summed E-state index contributed by atoms with van der Waals surface area (Å²) in [5.74, 6) is 0.865. The van der Waals surface area contributed by atoms with E-state index in [1.54, 1.807) is 11.3 Å². The van der Waals surface area contributed by atoms with Crippen LogP contribution >= 0.6 is 22.9 Å². The Hall–Kier alpha value is -2.12. The van der Waals surface area contributed by atoms with Crippen LogP contribution in [0.15, 0.2) is 58.9 Å². The second kappa shape index (κ2) is 10.3. The molecule has 0 saturated carbocycles. The van der Waals surface area contributed by atoms with Crippen molar-refractivity contribution in [1.29, 1.82) is 0 Å². The average Bonchev–Trinajstić information content (AvgIpc) is 3.17. The van der Waals surface area contributed by atoms with Gasteiger partial charge in [0.1, 0.15) is 5.75 Å². The van der Waals surface area contributed by atoms with Gasteiger partial charge in [-0.05, 0) is 48.9 Å². The van der Waals surface area contributed by atoms with Crippen LogP contribution < -0.4 is 9.54 Å². The van der Waals surface area contributed by atoms with Gasteiger partial charge in [0.2, 0.25) is 0 Å². The highest BCUT2D eigenvalue weighted by Gasteiger charge is 2.13. The van der Waals surface area contributed by atoms with Gasteiger partial charge in [0.25, 0.3) is 0 Å². The summed E-state index contributed by atoms with van der Waals surface area (Å²) in [5.41, 5.74) is 3.23. The molecular formula is C23H26ClN3O2S. The number of hydrogen-bond donors (Lipinski definition) is 0. The van der Waals surface area contributed by atoms with Crippen LogP contribution in [0, 0.1) is 0 Å². The van der Waals surface area contributed by atoms with Gasteiger partial charge in [-0.2, -0.15) is 0 Å². The molecule has 0 bridgehead atoms. The van der Waals surface area contributed by atoms with E-state index in [1.165, 1.54) is 0 Å². The normalized spacial score (nSPS) is 15.5. The minimum Gasteiger partial charge on any atom is -0.494 e. The lowest BCUT2D eigenvalue weighted by Gasteiger charge is -2.26. The maximum Gasteiger partial charge on any atom is 0.190 e. The van der Waals surface area contributed by atoms with Gasteiger partial charge in [-0.25, -0.2) is 4.99 Å². The first-order valence-electron chi connectivity index (χ1n) is 10.2. The maximum atomic E-state index is 6.10. The number of ether oxygens (including phenoxy) is 2. The second-order valence-corrected chi connectivity index (χ2v) is 8.33. The predicted octanol–water partition coefficient (Wildman–Crippen LogP) is 4.83. The van der Waals surface area contributed by atoms with Crippen molar-refractivity contribution in [1.82, 2.24) is 9.47 Å². The maximum absolute atomic E-state index is 6.10. The monoisotopic (exact) mass is 443 g/mol. The molecule has 30 heavy (non-hydrogen) atoms. The van der Waals surface area contributed by atoms with Crippen molar-refractivity contribution in [2.24, 2.45) is 4.99 Å². The smallest absolute Gasteiger partial charge is 0.190 e. The molecular weight excluding hydrogens is 418 g/mol. The largest absolute Gasteiger partial charge is 0.494 e. The van der Waals surface area contributed by atoms with Crippen LogP contribution in [0.4, 0.5) is 5.69 Å². The second-order valence-electron chi connectivity index (χ2n) is 7.05. The Morgan fingerprint density at radius 2 is 1.77 bits per heavy atom. The van der Waals surface area contributed by atoms with Gasteiger partial charge in [0, 0.05) is 36.6 Å². The minimum absolute atomic E-state index is 0.660. The van der Waals surface area contributed by atoms with Gasteiger partial charge >= 0.3 is 0 Å². The first-order valence-corrected chi connectivity index (χ1v) is 11.5. The van der Waals surface area contributed by atoms with E-state index in [0.717, 1.165) is 71.9 Å². The summed E-state index contributed by atoms with van der Waals surface area (Å²) in [7, 11) is 0. The van der Waals surface area contributed by atoms with Crippen LogP contribution in [-0.4, -0.2) is 48.9 Å². The molecule has 0 N–H and O–H groups in total. The number of rotatable bonds is 7. The molecule has 0 radical (unpaired) electrons. The van der Waals surface area contributed by atoms with Crippen LogP contribution in [0.1, 0.15) is 6.92 Å². The third kappa shape index (κ3) is 5.32. The fourth-order valence-electron chi connectivity index (χ4n) is 3.45. The van der Waals surface area contributed by atoms with E-state index in [9.17, 15) is 0 Å². The molecule has 0 aliphatic carbocycles. The Kier molecular flexibility index (Phi) is 7.23. The van der Waals surface area contributed by atoms with Crippen LogP contribution in [0.3, 0.4) is 0 Å². The van der Waals surface area contributed by atoms with Crippen LogP contribution in [0.2, 0.25) is 5.02 Å². The molecule has 3 aromatic rings. The predicted molar refractivity (Wildman–Crippen MR) is 123 cm³/mol. The molecule has 5 nitrogen and oxygen atoms in total. The molecule has 7 heteroatoms. The highest BCUT2D eigenvalue weighted by atomic mass is 35.5. The van der Waals surface area contributed by atoms with Crippen molar-refractivity contribution in [2.45, 2.75) is 13.5 Å². The van der Waals surface area contributed by atoms with Crippen molar-refractivity contribution >= 4 is 28.6 Å². The number of aromatic nitrogens is 1. The molecule has 1 fully saturated rings. The summed E-state index contributed by atoms with van der Waals surface area (Å²) in [6, 6.07) is 15.9.